The van der Waals surface area contributed by atoms with E-state index in [1.807, 2.05) is 0 Å². The minimum atomic E-state index is 0.142. The quantitative estimate of drug-likeness (QED) is 0.632. The number of aryl methyl sites for hydroxylation is 1. The summed E-state index contributed by atoms with van der Waals surface area (Å²) in [5, 5.41) is 0.895. The molecule has 0 aliphatic heterocycles. The van der Waals surface area contributed by atoms with Crippen LogP contribution in [0.15, 0.2) is 18.2 Å². The lowest BCUT2D eigenvalue weighted by molar-refractivity contribution is 0.590. The van der Waals surface area contributed by atoms with Gasteiger partial charge < -0.3 is 0 Å². The molecule has 0 bridgehead atoms. The first-order chi connectivity index (χ1) is 5.95. The summed E-state index contributed by atoms with van der Waals surface area (Å²) in [7, 11) is 0. The molecule has 72 valence electrons. The second kappa shape index (κ2) is 3.71. The minimum absolute atomic E-state index is 0.142. The predicted molar refractivity (Wildman–Crippen MR) is 59.5 cm³/mol. The molecule has 0 nitrogen and oxygen atoms in total. The zero-order valence-corrected chi connectivity index (χ0v) is 9.57. The van der Waals surface area contributed by atoms with Crippen molar-refractivity contribution in [2.75, 3.05) is 0 Å². The first-order valence-electron chi connectivity index (χ1n) is 4.74. The van der Waals surface area contributed by atoms with Gasteiger partial charge in [-0.15, -0.1) is 0 Å². The van der Waals surface area contributed by atoms with Gasteiger partial charge in [-0.2, -0.15) is 0 Å². The molecular weight excluding hydrogens is 180 g/mol. The lowest BCUT2D eigenvalue weighted by Gasteiger charge is -2.20. The van der Waals surface area contributed by atoms with Crippen molar-refractivity contribution in [3.63, 3.8) is 0 Å². The largest absolute Gasteiger partial charge is 0.0840 e. The van der Waals surface area contributed by atoms with Crippen LogP contribution in [0.1, 0.15) is 38.8 Å². The summed E-state index contributed by atoms with van der Waals surface area (Å²) in [5.74, 6) is 0. The third-order valence-electron chi connectivity index (χ3n) is 2.25. The van der Waals surface area contributed by atoms with E-state index in [-0.39, 0.29) is 5.41 Å². The van der Waals surface area contributed by atoms with Crippen LogP contribution < -0.4 is 0 Å². The minimum Gasteiger partial charge on any atom is -0.0840 e. The van der Waals surface area contributed by atoms with Gasteiger partial charge in [-0.05, 0) is 29.0 Å². The normalized spacial score (nSPS) is 11.8. The first-order valence-corrected chi connectivity index (χ1v) is 5.12. The van der Waals surface area contributed by atoms with Crippen LogP contribution in [0.25, 0.3) is 0 Å². The van der Waals surface area contributed by atoms with E-state index in [1.165, 1.54) is 11.1 Å². The maximum Gasteiger partial charge on any atom is 0.0446 e. The second-order valence-corrected chi connectivity index (χ2v) is 4.82. The van der Waals surface area contributed by atoms with Gasteiger partial charge in [0.15, 0.2) is 0 Å². The number of halogens is 1. The van der Waals surface area contributed by atoms with Crippen LogP contribution in [-0.2, 0) is 11.8 Å². The molecule has 0 aromatic heterocycles. The molecule has 0 aliphatic carbocycles. The zero-order chi connectivity index (χ0) is 10.1. The van der Waals surface area contributed by atoms with Crippen molar-refractivity contribution in [1.82, 2.24) is 0 Å². The van der Waals surface area contributed by atoms with Crippen molar-refractivity contribution < 1.29 is 0 Å². The molecule has 0 radical (unpaired) electrons. The Bertz CT molecular complexity index is 294. The Morgan fingerprint density at radius 2 is 1.85 bits per heavy atom. The van der Waals surface area contributed by atoms with Crippen LogP contribution in [0.3, 0.4) is 0 Å². The Morgan fingerprint density at radius 3 is 2.23 bits per heavy atom. The van der Waals surface area contributed by atoms with E-state index in [9.17, 15) is 0 Å². The maximum absolute atomic E-state index is 6.19. The molecule has 0 heterocycles. The van der Waals surface area contributed by atoms with Gasteiger partial charge in [0.25, 0.3) is 0 Å². The van der Waals surface area contributed by atoms with Crippen LogP contribution in [0.4, 0.5) is 0 Å². The highest BCUT2D eigenvalue weighted by molar-refractivity contribution is 6.31. The van der Waals surface area contributed by atoms with Crippen molar-refractivity contribution in [3.8, 4) is 0 Å². The molecule has 0 fully saturated rings. The van der Waals surface area contributed by atoms with Crippen molar-refractivity contribution in [1.29, 1.82) is 0 Å². The lowest BCUT2D eigenvalue weighted by Crippen LogP contribution is -2.11. The van der Waals surface area contributed by atoms with Gasteiger partial charge in [0.05, 0.1) is 0 Å². The van der Waals surface area contributed by atoms with Crippen LogP contribution in [0.5, 0.6) is 0 Å². The van der Waals surface area contributed by atoms with Gasteiger partial charge in [-0.25, -0.2) is 0 Å². The monoisotopic (exact) mass is 196 g/mol. The molecule has 0 spiro atoms. The van der Waals surface area contributed by atoms with Gasteiger partial charge in [-0.3, -0.25) is 0 Å². The molecule has 1 heteroatoms. The molecule has 0 atom stereocenters. The Kier molecular flexibility index (Phi) is 3.02. The zero-order valence-electron chi connectivity index (χ0n) is 8.82. The van der Waals surface area contributed by atoms with E-state index < -0.39 is 0 Å². The Balaban J connectivity index is 3.13. The van der Waals surface area contributed by atoms with Gasteiger partial charge >= 0.3 is 0 Å². The number of hydrogen-bond acceptors (Lipinski definition) is 0. The van der Waals surface area contributed by atoms with Crippen molar-refractivity contribution in [3.05, 3.63) is 34.3 Å². The van der Waals surface area contributed by atoms with Gasteiger partial charge in [0.1, 0.15) is 0 Å². The molecule has 0 saturated carbocycles. The average Bonchev–Trinajstić information content (AvgIpc) is 2.01. The van der Waals surface area contributed by atoms with E-state index in [0.717, 1.165) is 11.4 Å². The van der Waals surface area contributed by atoms with Crippen LogP contribution in [0, 0.1) is 0 Å². The molecule has 13 heavy (non-hydrogen) atoms. The van der Waals surface area contributed by atoms with Gasteiger partial charge in [-0.1, -0.05) is 51.4 Å². The smallest absolute Gasteiger partial charge is 0.0446 e. The third-order valence-corrected chi connectivity index (χ3v) is 2.56. The second-order valence-electron chi connectivity index (χ2n) is 4.42. The molecule has 0 N–H and O–H groups in total. The fourth-order valence-electron chi connectivity index (χ4n) is 1.39. The summed E-state index contributed by atoms with van der Waals surface area (Å²) in [5.41, 5.74) is 2.67. The van der Waals surface area contributed by atoms with E-state index in [0.29, 0.717) is 0 Å². The third kappa shape index (κ3) is 2.47. The Morgan fingerprint density at radius 1 is 1.23 bits per heavy atom. The van der Waals surface area contributed by atoms with E-state index in [1.54, 1.807) is 0 Å². The standard InChI is InChI=1S/C12H17Cl/c1-5-9-6-7-10(11(13)8-9)12(2,3)4/h6-8H,5H2,1-4H3. The molecule has 1 aromatic rings. The maximum atomic E-state index is 6.19. The van der Waals surface area contributed by atoms with Gasteiger partial charge in [0.2, 0.25) is 0 Å². The molecule has 0 amide bonds. The predicted octanol–water partition coefficient (Wildman–Crippen LogP) is 4.20. The van der Waals surface area contributed by atoms with Crippen molar-refractivity contribution in [2.45, 2.75) is 39.5 Å². The van der Waals surface area contributed by atoms with Gasteiger partial charge in [0, 0.05) is 5.02 Å². The highest BCUT2D eigenvalue weighted by Gasteiger charge is 2.16. The molecule has 0 unspecified atom stereocenters. The molecule has 0 saturated heterocycles. The molecule has 0 aliphatic rings. The topological polar surface area (TPSA) is 0 Å². The molecular formula is C12H17Cl. The van der Waals surface area contributed by atoms with Crippen molar-refractivity contribution in [2.24, 2.45) is 0 Å². The fourth-order valence-corrected chi connectivity index (χ4v) is 1.87. The summed E-state index contributed by atoms with van der Waals surface area (Å²) < 4.78 is 0. The molecule has 1 aromatic carbocycles. The number of benzene rings is 1. The average molecular weight is 197 g/mol. The summed E-state index contributed by atoms with van der Waals surface area (Å²) in [6.45, 7) is 8.68. The van der Waals surface area contributed by atoms with E-state index >= 15 is 0 Å². The lowest BCUT2D eigenvalue weighted by atomic mass is 9.86. The number of hydrogen-bond donors (Lipinski definition) is 0. The highest BCUT2D eigenvalue weighted by Crippen LogP contribution is 2.29. The Hall–Kier alpha value is -0.490. The summed E-state index contributed by atoms with van der Waals surface area (Å²) in [6.07, 6.45) is 1.05. The van der Waals surface area contributed by atoms with Crippen LogP contribution in [-0.4, -0.2) is 0 Å². The fraction of sp³-hybridized carbons (Fsp3) is 0.500. The highest BCUT2D eigenvalue weighted by atomic mass is 35.5. The first kappa shape index (κ1) is 10.6. The molecule has 1 rings (SSSR count). The van der Waals surface area contributed by atoms with Crippen LogP contribution in [0.2, 0.25) is 5.02 Å². The SMILES string of the molecule is CCc1ccc(C(C)(C)C)c(Cl)c1. The summed E-state index contributed by atoms with van der Waals surface area (Å²) in [6, 6.07) is 6.37. The van der Waals surface area contributed by atoms with E-state index in [2.05, 4.69) is 45.9 Å². The van der Waals surface area contributed by atoms with E-state index in [4.69, 9.17) is 11.6 Å². The number of rotatable bonds is 1. The van der Waals surface area contributed by atoms with Crippen molar-refractivity contribution >= 4 is 11.6 Å². The Labute approximate surface area is 85.9 Å². The summed E-state index contributed by atoms with van der Waals surface area (Å²) >= 11 is 6.19. The van der Waals surface area contributed by atoms with Crippen LogP contribution >= 0.6 is 11.6 Å². The summed E-state index contributed by atoms with van der Waals surface area (Å²) in [4.78, 5) is 0.